The van der Waals surface area contributed by atoms with Crippen molar-refractivity contribution >= 4 is 27.9 Å². The van der Waals surface area contributed by atoms with E-state index in [9.17, 15) is 22.8 Å². The maximum atomic E-state index is 12.2. The van der Waals surface area contributed by atoms with E-state index in [0.29, 0.717) is 5.76 Å². The molecule has 1 heterocycles. The molecule has 138 valence electrons. The monoisotopic (exact) mass is 381 g/mol. The van der Waals surface area contributed by atoms with Crippen LogP contribution in [0.4, 0.5) is 4.79 Å². The zero-order valence-electron chi connectivity index (χ0n) is 13.3. The number of hydrogen-bond acceptors (Lipinski definition) is 7. The number of nitrogens with two attached hydrogens (primary N) is 1. The number of furan rings is 1. The number of urea groups is 1. The number of ether oxygens (including phenoxy) is 1. The Hall–Kier alpha value is -3.18. The van der Waals surface area contributed by atoms with E-state index in [0.717, 1.165) is 0 Å². The number of carbonyl (C=O) groups excluding carboxylic acids is 3. The standard InChI is InChI=1S/C15H15N3O7S/c16-15(21)18-13(19)9-25-14(20)10-3-5-12(6-4-10)26(22,23)17-8-11-2-1-7-24-11/h1-7,17H,8-9H2,(H3,16,18,19,21). The predicted octanol–water partition coefficient (Wildman–Crippen LogP) is 0.110. The lowest BCUT2D eigenvalue weighted by atomic mass is 10.2. The molecule has 0 aliphatic heterocycles. The first kappa shape index (κ1) is 19.1. The molecule has 11 heteroatoms. The maximum absolute atomic E-state index is 12.2. The second kappa shape index (κ2) is 8.27. The molecule has 1 aromatic heterocycles. The Morgan fingerprint density at radius 2 is 1.81 bits per heavy atom. The highest BCUT2D eigenvalue weighted by Crippen LogP contribution is 2.12. The van der Waals surface area contributed by atoms with E-state index in [2.05, 4.69) is 9.46 Å². The molecule has 0 radical (unpaired) electrons. The van der Waals surface area contributed by atoms with Gasteiger partial charge in [-0.1, -0.05) is 0 Å². The molecular formula is C15H15N3O7S. The SMILES string of the molecule is NC(=O)NC(=O)COC(=O)c1ccc(S(=O)(=O)NCc2ccco2)cc1. The van der Waals surface area contributed by atoms with Gasteiger partial charge in [0.25, 0.3) is 5.91 Å². The molecule has 0 bridgehead atoms. The lowest BCUT2D eigenvalue weighted by Crippen LogP contribution is -2.37. The van der Waals surface area contributed by atoms with E-state index in [1.165, 1.54) is 30.5 Å². The van der Waals surface area contributed by atoms with Crippen molar-refractivity contribution in [3.63, 3.8) is 0 Å². The third-order valence-electron chi connectivity index (χ3n) is 3.01. The Bertz CT molecular complexity index is 890. The van der Waals surface area contributed by atoms with Crippen LogP contribution in [0.25, 0.3) is 0 Å². The van der Waals surface area contributed by atoms with E-state index >= 15 is 0 Å². The van der Waals surface area contributed by atoms with Crippen LogP contribution in [0.15, 0.2) is 52.0 Å². The van der Waals surface area contributed by atoms with Gasteiger partial charge in [0, 0.05) is 0 Å². The third kappa shape index (κ3) is 5.43. The summed E-state index contributed by atoms with van der Waals surface area (Å²) in [6.45, 7) is -0.722. The van der Waals surface area contributed by atoms with Gasteiger partial charge in [0.2, 0.25) is 10.0 Å². The molecule has 26 heavy (non-hydrogen) atoms. The van der Waals surface area contributed by atoms with Crippen molar-refractivity contribution in [1.29, 1.82) is 0 Å². The third-order valence-corrected chi connectivity index (χ3v) is 4.43. The highest BCUT2D eigenvalue weighted by Gasteiger charge is 2.16. The normalized spacial score (nSPS) is 10.9. The lowest BCUT2D eigenvalue weighted by Gasteiger charge is -2.07. The molecule has 0 saturated carbocycles. The van der Waals surface area contributed by atoms with E-state index in [1.807, 2.05) is 0 Å². The van der Waals surface area contributed by atoms with Gasteiger partial charge in [-0.3, -0.25) is 10.1 Å². The van der Waals surface area contributed by atoms with E-state index in [4.69, 9.17) is 10.2 Å². The fourth-order valence-electron chi connectivity index (χ4n) is 1.82. The van der Waals surface area contributed by atoms with Crippen molar-refractivity contribution in [2.24, 2.45) is 5.73 Å². The van der Waals surface area contributed by atoms with Gasteiger partial charge in [-0.05, 0) is 36.4 Å². The Kier molecular flexibility index (Phi) is 6.09. The number of primary amides is 1. The van der Waals surface area contributed by atoms with Crippen LogP contribution in [0, 0.1) is 0 Å². The number of imide groups is 1. The molecule has 0 aliphatic rings. The van der Waals surface area contributed by atoms with Crippen molar-refractivity contribution in [3.8, 4) is 0 Å². The van der Waals surface area contributed by atoms with E-state index in [-0.39, 0.29) is 17.0 Å². The molecule has 0 spiro atoms. The zero-order valence-corrected chi connectivity index (χ0v) is 14.1. The number of carbonyl (C=O) groups is 3. The van der Waals surface area contributed by atoms with Crippen LogP contribution < -0.4 is 15.8 Å². The average molecular weight is 381 g/mol. The first-order chi connectivity index (χ1) is 12.3. The van der Waals surface area contributed by atoms with Crippen LogP contribution in [0.1, 0.15) is 16.1 Å². The second-order valence-corrected chi connectivity index (χ2v) is 6.68. The predicted molar refractivity (Wildman–Crippen MR) is 87.2 cm³/mol. The minimum atomic E-state index is -3.80. The first-order valence-electron chi connectivity index (χ1n) is 7.16. The number of amides is 3. The molecule has 0 atom stereocenters. The van der Waals surface area contributed by atoms with Crippen molar-refractivity contribution in [1.82, 2.24) is 10.0 Å². The number of nitrogens with one attached hydrogen (secondary N) is 2. The quantitative estimate of drug-likeness (QED) is 0.574. The molecule has 3 amide bonds. The molecular weight excluding hydrogens is 366 g/mol. The van der Waals surface area contributed by atoms with Crippen LogP contribution >= 0.6 is 0 Å². The summed E-state index contributed by atoms with van der Waals surface area (Å²) < 4.78 is 36.4. The first-order valence-corrected chi connectivity index (χ1v) is 8.65. The fourth-order valence-corrected chi connectivity index (χ4v) is 2.81. The molecule has 0 fully saturated rings. The van der Waals surface area contributed by atoms with Gasteiger partial charge in [0.05, 0.1) is 23.3 Å². The Morgan fingerprint density at radius 3 is 2.38 bits per heavy atom. The summed E-state index contributed by atoms with van der Waals surface area (Å²) in [5.74, 6) is -1.30. The summed E-state index contributed by atoms with van der Waals surface area (Å²) in [6, 6.07) is 7.08. The summed E-state index contributed by atoms with van der Waals surface area (Å²) in [5.41, 5.74) is 4.77. The minimum Gasteiger partial charge on any atom is -0.468 e. The molecule has 1 aromatic carbocycles. The van der Waals surface area contributed by atoms with Crippen LogP contribution in [-0.2, 0) is 26.1 Å². The Balaban J connectivity index is 1.95. The largest absolute Gasteiger partial charge is 0.468 e. The van der Waals surface area contributed by atoms with Gasteiger partial charge in [-0.2, -0.15) is 0 Å². The number of rotatable bonds is 7. The van der Waals surface area contributed by atoms with Crippen molar-refractivity contribution < 1.29 is 32.0 Å². The smallest absolute Gasteiger partial charge is 0.338 e. The molecule has 2 aromatic rings. The topological polar surface area (TPSA) is 158 Å². The summed E-state index contributed by atoms with van der Waals surface area (Å²) in [5, 5.41) is 1.73. The summed E-state index contributed by atoms with van der Waals surface area (Å²) in [6.07, 6.45) is 1.42. The molecule has 4 N–H and O–H groups in total. The molecule has 10 nitrogen and oxygen atoms in total. The van der Waals surface area contributed by atoms with Crippen LogP contribution in [0.2, 0.25) is 0 Å². The second-order valence-electron chi connectivity index (χ2n) is 4.92. The van der Waals surface area contributed by atoms with E-state index < -0.39 is 34.5 Å². The van der Waals surface area contributed by atoms with Crippen molar-refractivity contribution in [2.75, 3.05) is 6.61 Å². The molecule has 0 aliphatic carbocycles. The number of benzene rings is 1. The Morgan fingerprint density at radius 1 is 1.12 bits per heavy atom. The average Bonchev–Trinajstić information content (AvgIpc) is 3.11. The Labute approximate surface area is 148 Å². The van der Waals surface area contributed by atoms with Gasteiger partial charge in [0.1, 0.15) is 5.76 Å². The zero-order chi connectivity index (χ0) is 19.2. The summed E-state index contributed by atoms with van der Waals surface area (Å²) in [7, 11) is -3.80. The molecule has 0 saturated heterocycles. The maximum Gasteiger partial charge on any atom is 0.338 e. The van der Waals surface area contributed by atoms with Gasteiger partial charge in [-0.15, -0.1) is 0 Å². The van der Waals surface area contributed by atoms with Crippen LogP contribution in [0.3, 0.4) is 0 Å². The molecule has 0 unspecified atom stereocenters. The van der Waals surface area contributed by atoms with Gasteiger partial charge < -0.3 is 14.9 Å². The fraction of sp³-hybridized carbons (Fsp3) is 0.133. The number of hydrogen-bond donors (Lipinski definition) is 3. The van der Waals surface area contributed by atoms with Gasteiger partial charge in [0.15, 0.2) is 6.61 Å². The summed E-state index contributed by atoms with van der Waals surface area (Å²) in [4.78, 5) is 33.3. The number of esters is 1. The highest BCUT2D eigenvalue weighted by molar-refractivity contribution is 7.89. The van der Waals surface area contributed by atoms with Crippen LogP contribution in [0.5, 0.6) is 0 Å². The van der Waals surface area contributed by atoms with Crippen molar-refractivity contribution in [2.45, 2.75) is 11.4 Å². The van der Waals surface area contributed by atoms with Gasteiger partial charge in [-0.25, -0.2) is 22.7 Å². The van der Waals surface area contributed by atoms with Crippen molar-refractivity contribution in [3.05, 3.63) is 54.0 Å². The summed E-state index contributed by atoms with van der Waals surface area (Å²) >= 11 is 0. The van der Waals surface area contributed by atoms with Crippen LogP contribution in [-0.4, -0.2) is 32.9 Å². The van der Waals surface area contributed by atoms with E-state index in [1.54, 1.807) is 17.4 Å². The minimum absolute atomic E-state index is 0.0197. The van der Waals surface area contributed by atoms with Gasteiger partial charge >= 0.3 is 12.0 Å². The highest BCUT2D eigenvalue weighted by atomic mass is 32.2. The number of sulfonamides is 1. The molecule has 2 rings (SSSR count). The lowest BCUT2D eigenvalue weighted by molar-refractivity contribution is -0.123.